The Bertz CT molecular complexity index is 750. The number of aliphatic hydroxyl groups excluding tert-OH is 1. The van der Waals surface area contributed by atoms with Crippen molar-refractivity contribution in [1.82, 2.24) is 14.9 Å². The van der Waals surface area contributed by atoms with Crippen LogP contribution in [0.15, 0.2) is 4.79 Å². The van der Waals surface area contributed by atoms with Gasteiger partial charge in [-0.15, -0.1) is 11.3 Å². The first kappa shape index (κ1) is 16.6. The number of aromatic nitrogens is 2. The molecule has 23 heavy (non-hydrogen) atoms. The first-order valence-corrected chi connectivity index (χ1v) is 9.23. The highest BCUT2D eigenvalue weighted by atomic mass is 32.1. The fourth-order valence-corrected chi connectivity index (χ4v) is 4.76. The highest BCUT2D eigenvalue weighted by Gasteiger charge is 2.23. The number of nitrogens with zero attached hydrogens (tertiary/aromatic N) is 2. The molecule has 1 aliphatic rings. The lowest BCUT2D eigenvalue weighted by molar-refractivity contribution is 0.124. The minimum Gasteiger partial charge on any atom is -0.392 e. The number of rotatable bonds is 5. The molecule has 126 valence electrons. The van der Waals surface area contributed by atoms with Crippen molar-refractivity contribution in [2.75, 3.05) is 13.1 Å². The average Bonchev–Trinajstić information content (AvgIpc) is 2.83. The number of likely N-dealkylation sites (N-methyl/N-ethyl adjacent to an activating group) is 1. The zero-order valence-corrected chi connectivity index (χ0v) is 14.9. The van der Waals surface area contributed by atoms with Crippen molar-refractivity contribution in [3.05, 3.63) is 26.6 Å². The molecular formula is C17H25N3O2S. The summed E-state index contributed by atoms with van der Waals surface area (Å²) < 4.78 is 0. The van der Waals surface area contributed by atoms with Crippen LogP contribution in [-0.2, 0) is 19.4 Å². The Morgan fingerprint density at radius 3 is 3.00 bits per heavy atom. The van der Waals surface area contributed by atoms with Gasteiger partial charge in [-0.2, -0.15) is 0 Å². The summed E-state index contributed by atoms with van der Waals surface area (Å²) in [6.45, 7) is 8.04. The summed E-state index contributed by atoms with van der Waals surface area (Å²) >= 11 is 1.68. The van der Waals surface area contributed by atoms with Crippen molar-refractivity contribution in [2.45, 2.75) is 52.7 Å². The van der Waals surface area contributed by atoms with E-state index in [9.17, 15) is 9.90 Å². The van der Waals surface area contributed by atoms with Gasteiger partial charge in [0.15, 0.2) is 0 Å². The Kier molecular flexibility index (Phi) is 4.85. The Balaban J connectivity index is 1.94. The summed E-state index contributed by atoms with van der Waals surface area (Å²) in [4.78, 5) is 24.5. The fourth-order valence-electron chi connectivity index (χ4n) is 3.36. The van der Waals surface area contributed by atoms with E-state index in [0.717, 1.165) is 36.0 Å². The molecule has 0 bridgehead atoms. The molecule has 0 radical (unpaired) electrons. The molecule has 2 heterocycles. The van der Waals surface area contributed by atoms with E-state index in [-0.39, 0.29) is 11.7 Å². The molecular weight excluding hydrogens is 310 g/mol. The van der Waals surface area contributed by atoms with Crippen molar-refractivity contribution in [3.63, 3.8) is 0 Å². The van der Waals surface area contributed by atoms with E-state index in [4.69, 9.17) is 4.98 Å². The van der Waals surface area contributed by atoms with E-state index in [1.54, 1.807) is 18.3 Å². The van der Waals surface area contributed by atoms with Crippen LogP contribution >= 0.6 is 11.3 Å². The second-order valence-electron chi connectivity index (χ2n) is 6.72. The molecule has 2 aromatic rings. The van der Waals surface area contributed by atoms with Gasteiger partial charge < -0.3 is 10.1 Å². The molecule has 0 spiro atoms. The van der Waals surface area contributed by atoms with E-state index in [1.807, 2.05) is 6.92 Å². The zero-order valence-electron chi connectivity index (χ0n) is 14.1. The van der Waals surface area contributed by atoms with Crippen molar-refractivity contribution in [3.8, 4) is 0 Å². The van der Waals surface area contributed by atoms with Crippen LogP contribution in [0.5, 0.6) is 0 Å². The number of fused-ring (bicyclic) bond motifs is 3. The van der Waals surface area contributed by atoms with Gasteiger partial charge in [0.25, 0.3) is 5.56 Å². The van der Waals surface area contributed by atoms with Gasteiger partial charge in [-0.05, 0) is 44.2 Å². The summed E-state index contributed by atoms with van der Waals surface area (Å²) in [5.41, 5.74) is 1.21. The van der Waals surface area contributed by atoms with Crippen LogP contribution < -0.4 is 5.56 Å². The predicted octanol–water partition coefficient (Wildman–Crippen LogP) is 2.31. The van der Waals surface area contributed by atoms with Gasteiger partial charge in [-0.1, -0.05) is 13.8 Å². The molecule has 1 aliphatic carbocycles. The zero-order chi connectivity index (χ0) is 16.6. The molecule has 0 saturated heterocycles. The van der Waals surface area contributed by atoms with Crippen LogP contribution in [0.1, 0.15) is 43.5 Å². The average molecular weight is 335 g/mol. The van der Waals surface area contributed by atoms with E-state index in [1.165, 1.54) is 10.4 Å². The van der Waals surface area contributed by atoms with Gasteiger partial charge in [-0.3, -0.25) is 9.69 Å². The highest BCUT2D eigenvalue weighted by molar-refractivity contribution is 7.18. The third-order valence-electron chi connectivity index (χ3n) is 4.56. The molecule has 0 fully saturated rings. The largest absolute Gasteiger partial charge is 0.392 e. The van der Waals surface area contributed by atoms with Crippen molar-refractivity contribution in [2.24, 2.45) is 5.92 Å². The quantitative estimate of drug-likeness (QED) is 0.880. The van der Waals surface area contributed by atoms with E-state index < -0.39 is 0 Å². The van der Waals surface area contributed by atoms with Crippen LogP contribution in [0.25, 0.3) is 10.2 Å². The lowest BCUT2D eigenvalue weighted by Crippen LogP contribution is -2.31. The van der Waals surface area contributed by atoms with Gasteiger partial charge in [0.1, 0.15) is 10.7 Å². The van der Waals surface area contributed by atoms with E-state index in [0.29, 0.717) is 24.8 Å². The minimum absolute atomic E-state index is 0.00912. The first-order valence-electron chi connectivity index (χ1n) is 8.41. The van der Waals surface area contributed by atoms with Gasteiger partial charge >= 0.3 is 0 Å². The van der Waals surface area contributed by atoms with E-state index in [2.05, 4.69) is 16.8 Å². The molecule has 0 aliphatic heterocycles. The van der Waals surface area contributed by atoms with Gasteiger partial charge in [0, 0.05) is 11.4 Å². The third-order valence-corrected chi connectivity index (χ3v) is 5.71. The topological polar surface area (TPSA) is 69.2 Å². The smallest absolute Gasteiger partial charge is 0.259 e. The molecule has 2 atom stereocenters. The number of hydrogen-bond acceptors (Lipinski definition) is 5. The number of aliphatic hydroxyl groups is 1. The molecule has 0 aromatic carbocycles. The second-order valence-corrected chi connectivity index (χ2v) is 7.80. The SMILES string of the molecule is CCN(Cc1nc2sc3c(c2c(=O)[nH]1)CC[C@H](C)C3)C[C@@H](C)O. The van der Waals surface area contributed by atoms with Crippen LogP contribution in [0.2, 0.25) is 0 Å². The summed E-state index contributed by atoms with van der Waals surface area (Å²) in [5.74, 6) is 1.38. The lowest BCUT2D eigenvalue weighted by atomic mass is 9.89. The monoisotopic (exact) mass is 335 g/mol. The number of thiophene rings is 1. The molecule has 6 heteroatoms. The molecule has 0 unspecified atom stereocenters. The van der Waals surface area contributed by atoms with Crippen LogP contribution in [0.4, 0.5) is 0 Å². The summed E-state index contributed by atoms with van der Waals surface area (Å²) in [7, 11) is 0. The molecule has 2 N–H and O–H groups in total. The number of aromatic amines is 1. The Labute approximate surface area is 140 Å². The summed E-state index contributed by atoms with van der Waals surface area (Å²) in [5, 5.41) is 10.4. The van der Waals surface area contributed by atoms with Crippen molar-refractivity contribution in [1.29, 1.82) is 0 Å². The minimum atomic E-state index is -0.388. The normalized spacial score (nSPS) is 19.3. The number of H-pyrrole nitrogens is 1. The maximum Gasteiger partial charge on any atom is 0.259 e. The third kappa shape index (κ3) is 3.49. The van der Waals surface area contributed by atoms with Crippen LogP contribution in [0.3, 0.4) is 0 Å². The van der Waals surface area contributed by atoms with Crippen molar-refractivity contribution >= 4 is 21.6 Å². The molecule has 0 saturated carbocycles. The van der Waals surface area contributed by atoms with Crippen LogP contribution in [-0.4, -0.2) is 39.2 Å². The number of aryl methyl sites for hydroxylation is 1. The Morgan fingerprint density at radius 1 is 1.52 bits per heavy atom. The van der Waals surface area contributed by atoms with Gasteiger partial charge in [-0.25, -0.2) is 4.98 Å². The molecule has 0 amide bonds. The van der Waals surface area contributed by atoms with Gasteiger partial charge in [0.2, 0.25) is 0 Å². The Morgan fingerprint density at radius 2 is 2.30 bits per heavy atom. The number of nitrogens with one attached hydrogen (secondary N) is 1. The lowest BCUT2D eigenvalue weighted by Gasteiger charge is -2.21. The second kappa shape index (κ2) is 6.71. The maximum atomic E-state index is 12.5. The molecule has 5 nitrogen and oxygen atoms in total. The molecule has 2 aromatic heterocycles. The highest BCUT2D eigenvalue weighted by Crippen LogP contribution is 2.35. The maximum absolute atomic E-state index is 12.5. The number of hydrogen-bond donors (Lipinski definition) is 2. The first-order chi connectivity index (χ1) is 11.0. The van der Waals surface area contributed by atoms with Gasteiger partial charge in [0.05, 0.1) is 18.0 Å². The van der Waals surface area contributed by atoms with Crippen molar-refractivity contribution < 1.29 is 5.11 Å². The molecule has 3 rings (SSSR count). The summed E-state index contributed by atoms with van der Waals surface area (Å²) in [6, 6.07) is 0. The van der Waals surface area contributed by atoms with E-state index >= 15 is 0 Å². The predicted molar refractivity (Wildman–Crippen MR) is 94.1 cm³/mol. The fraction of sp³-hybridized carbons (Fsp3) is 0.647. The summed E-state index contributed by atoms with van der Waals surface area (Å²) in [6.07, 6.45) is 2.82. The Hall–Kier alpha value is -1.24. The van der Waals surface area contributed by atoms with Crippen LogP contribution in [0, 0.1) is 5.92 Å². The standard InChI is InChI=1S/C17H25N3O2S/c1-4-20(8-11(3)21)9-14-18-16(22)15-12-6-5-10(2)7-13(12)23-17(15)19-14/h10-11,21H,4-9H2,1-3H3,(H,18,19,22)/t10-,11+/m0/s1.